The average molecular weight is 717 g/mol. The minimum absolute atomic E-state index is 0.0127. The molecule has 0 fully saturated rings. The van der Waals surface area contributed by atoms with Gasteiger partial charge in [0.25, 0.3) is 7.82 Å². The minimum Gasteiger partial charge on any atom is -0.756 e. The number of likely N-dealkylation sites (N-methyl/N-ethyl adjacent to an activating group) is 1. The molecule has 9 heteroatoms. The van der Waals surface area contributed by atoms with E-state index in [1.54, 1.807) is 0 Å². The van der Waals surface area contributed by atoms with Crippen molar-refractivity contribution in [1.29, 1.82) is 0 Å². The molecule has 3 atom stereocenters. The van der Waals surface area contributed by atoms with Crippen LogP contribution >= 0.6 is 7.82 Å². The molecule has 0 spiro atoms. The Morgan fingerprint density at radius 1 is 0.694 bits per heavy atom. The van der Waals surface area contributed by atoms with Crippen molar-refractivity contribution in [3.8, 4) is 0 Å². The highest BCUT2D eigenvalue weighted by atomic mass is 31.2. The lowest BCUT2D eigenvalue weighted by Gasteiger charge is -2.30. The molecule has 0 aliphatic rings. The number of aliphatic hydroxyl groups excluding tert-OH is 1. The van der Waals surface area contributed by atoms with Gasteiger partial charge in [-0.2, -0.15) is 0 Å². The van der Waals surface area contributed by atoms with Crippen LogP contribution in [0.5, 0.6) is 0 Å². The monoisotopic (exact) mass is 717 g/mol. The summed E-state index contributed by atoms with van der Waals surface area (Å²) >= 11 is 0. The van der Waals surface area contributed by atoms with Gasteiger partial charge in [-0.15, -0.1) is 0 Å². The van der Waals surface area contributed by atoms with Gasteiger partial charge in [0, 0.05) is 6.42 Å². The number of nitrogens with one attached hydrogen (secondary N) is 1. The maximum atomic E-state index is 12.8. The SMILES string of the molecule is CCCCCCCC/C=C/CCCCCCCCCC(=O)N[C@@H](COP(=O)([O-])OCC[N+](C)(C)C)[C@H](O)CCCCCCCCCCCC. The summed E-state index contributed by atoms with van der Waals surface area (Å²) in [5, 5.41) is 13.8. The Kier molecular flexibility index (Phi) is 32.6. The second-order valence-corrected chi connectivity index (χ2v) is 16.8. The van der Waals surface area contributed by atoms with Crippen molar-refractivity contribution in [1.82, 2.24) is 5.32 Å². The molecule has 1 amide bonds. The number of nitrogens with zero attached hydrogens (tertiary/aromatic N) is 1. The number of quaternary nitrogens is 1. The van der Waals surface area contributed by atoms with Crippen molar-refractivity contribution in [3.63, 3.8) is 0 Å². The van der Waals surface area contributed by atoms with Crippen LogP contribution in [0.3, 0.4) is 0 Å². The van der Waals surface area contributed by atoms with E-state index in [4.69, 9.17) is 9.05 Å². The summed E-state index contributed by atoms with van der Waals surface area (Å²) in [5.41, 5.74) is 0. The zero-order valence-electron chi connectivity index (χ0n) is 32.9. The van der Waals surface area contributed by atoms with Crippen LogP contribution in [0.15, 0.2) is 12.2 Å². The smallest absolute Gasteiger partial charge is 0.268 e. The third kappa shape index (κ3) is 35.4. The molecule has 0 aromatic carbocycles. The molecule has 0 aromatic heterocycles. The summed E-state index contributed by atoms with van der Waals surface area (Å²) in [6, 6.07) is -0.796. The van der Waals surface area contributed by atoms with Crippen molar-refractivity contribution in [2.24, 2.45) is 0 Å². The molecule has 0 aromatic rings. The Hall–Kier alpha value is -0.760. The van der Waals surface area contributed by atoms with Crippen LogP contribution in [0.1, 0.15) is 187 Å². The molecule has 0 radical (unpaired) electrons. The van der Waals surface area contributed by atoms with Crippen LogP contribution in [0.25, 0.3) is 0 Å². The summed E-state index contributed by atoms with van der Waals surface area (Å²) in [7, 11) is 1.30. The molecule has 2 N–H and O–H groups in total. The molecule has 0 rings (SSSR count). The van der Waals surface area contributed by atoms with Crippen molar-refractivity contribution < 1.29 is 32.9 Å². The summed E-state index contributed by atoms with van der Waals surface area (Å²) in [6.07, 6.45) is 34.9. The van der Waals surface area contributed by atoms with Gasteiger partial charge in [0.2, 0.25) is 5.91 Å². The van der Waals surface area contributed by atoms with Crippen molar-refractivity contribution >= 4 is 13.7 Å². The number of rotatable bonds is 37. The third-order valence-corrected chi connectivity index (χ3v) is 10.2. The first-order valence-corrected chi connectivity index (χ1v) is 22.0. The molecule has 0 aliphatic carbocycles. The number of hydrogen-bond donors (Lipinski definition) is 2. The molecule has 8 nitrogen and oxygen atoms in total. The van der Waals surface area contributed by atoms with Crippen molar-refractivity contribution in [2.45, 2.75) is 199 Å². The Bertz CT molecular complexity index is 819. The minimum atomic E-state index is -4.55. The van der Waals surface area contributed by atoms with E-state index in [0.717, 1.165) is 38.5 Å². The number of phosphoric ester groups is 1. The number of carbonyl (C=O) groups is 1. The van der Waals surface area contributed by atoms with E-state index in [1.165, 1.54) is 122 Å². The zero-order chi connectivity index (χ0) is 36.5. The highest BCUT2D eigenvalue weighted by molar-refractivity contribution is 7.45. The fourth-order valence-electron chi connectivity index (χ4n) is 5.92. The molecule has 1 unspecified atom stereocenters. The van der Waals surface area contributed by atoms with E-state index in [1.807, 2.05) is 21.1 Å². The lowest BCUT2D eigenvalue weighted by atomic mass is 10.0. The number of carbonyl (C=O) groups excluding carboxylic acids is 1. The zero-order valence-corrected chi connectivity index (χ0v) is 33.8. The Morgan fingerprint density at radius 2 is 1.12 bits per heavy atom. The number of aliphatic hydroxyl groups is 1. The summed E-state index contributed by atoms with van der Waals surface area (Å²) in [5.74, 6) is -0.171. The molecular formula is C40H81N2O6P. The first kappa shape index (κ1) is 48.2. The molecule has 0 saturated carbocycles. The van der Waals surface area contributed by atoms with Crippen LogP contribution in [-0.4, -0.2) is 68.5 Å². The van der Waals surface area contributed by atoms with Gasteiger partial charge >= 0.3 is 0 Å². The van der Waals surface area contributed by atoms with Gasteiger partial charge in [-0.1, -0.05) is 154 Å². The standard InChI is InChI=1S/C40H81N2O6P/c1-6-8-10-12-14-16-18-19-20-21-22-23-24-26-28-30-32-34-40(44)41-38(37-48-49(45,46)47-36-35-42(3,4)5)39(43)33-31-29-27-25-17-15-13-11-9-7-2/h19-20,38-39,43H,6-18,21-37H2,1-5H3,(H-,41,44,45,46)/b20-19+/t38-,39+/m0/s1. The van der Waals surface area contributed by atoms with Gasteiger partial charge in [-0.25, -0.2) is 0 Å². The highest BCUT2D eigenvalue weighted by Gasteiger charge is 2.24. The number of amides is 1. The molecule has 0 heterocycles. The van der Waals surface area contributed by atoms with Crippen LogP contribution in [0.2, 0.25) is 0 Å². The van der Waals surface area contributed by atoms with E-state index < -0.39 is 20.0 Å². The molecular weight excluding hydrogens is 635 g/mol. The van der Waals surface area contributed by atoms with E-state index >= 15 is 0 Å². The largest absolute Gasteiger partial charge is 0.756 e. The number of phosphoric acid groups is 1. The fourth-order valence-corrected chi connectivity index (χ4v) is 6.64. The van der Waals surface area contributed by atoms with E-state index in [9.17, 15) is 19.4 Å². The molecule has 0 saturated heterocycles. The topological polar surface area (TPSA) is 108 Å². The average Bonchev–Trinajstić information content (AvgIpc) is 3.04. The highest BCUT2D eigenvalue weighted by Crippen LogP contribution is 2.38. The van der Waals surface area contributed by atoms with Crippen molar-refractivity contribution in [2.75, 3.05) is 40.9 Å². The maximum absolute atomic E-state index is 12.8. The number of unbranched alkanes of at least 4 members (excludes halogenated alkanes) is 22. The molecule has 0 bridgehead atoms. The van der Waals surface area contributed by atoms with Crippen LogP contribution < -0.4 is 10.2 Å². The van der Waals surface area contributed by atoms with E-state index in [2.05, 4.69) is 31.3 Å². The molecule has 292 valence electrons. The Morgan fingerprint density at radius 3 is 1.59 bits per heavy atom. The van der Waals surface area contributed by atoms with Crippen molar-refractivity contribution in [3.05, 3.63) is 12.2 Å². The normalized spacial score (nSPS) is 14.7. The number of allylic oxidation sites excluding steroid dienone is 2. The maximum Gasteiger partial charge on any atom is 0.268 e. The third-order valence-electron chi connectivity index (χ3n) is 9.25. The summed E-state index contributed by atoms with van der Waals surface area (Å²) in [4.78, 5) is 25.2. The predicted molar refractivity (Wildman–Crippen MR) is 205 cm³/mol. The van der Waals surface area contributed by atoms with Crippen LogP contribution in [0, 0.1) is 0 Å². The van der Waals surface area contributed by atoms with E-state index in [0.29, 0.717) is 23.9 Å². The lowest BCUT2D eigenvalue weighted by Crippen LogP contribution is -2.46. The summed E-state index contributed by atoms with van der Waals surface area (Å²) < 4.78 is 23.2. The molecule has 49 heavy (non-hydrogen) atoms. The van der Waals surface area contributed by atoms with Crippen LogP contribution in [-0.2, 0) is 18.4 Å². The van der Waals surface area contributed by atoms with Gasteiger partial charge in [-0.05, 0) is 38.5 Å². The van der Waals surface area contributed by atoms with E-state index in [-0.39, 0.29) is 19.1 Å². The first-order valence-electron chi connectivity index (χ1n) is 20.5. The fraction of sp³-hybridized carbons (Fsp3) is 0.925. The summed E-state index contributed by atoms with van der Waals surface area (Å²) in [6.45, 7) is 4.69. The number of hydrogen-bond acceptors (Lipinski definition) is 6. The van der Waals surface area contributed by atoms with Gasteiger partial charge < -0.3 is 28.8 Å². The van der Waals surface area contributed by atoms with Gasteiger partial charge in [0.05, 0.1) is 39.9 Å². The first-order chi connectivity index (χ1) is 23.5. The van der Waals surface area contributed by atoms with Gasteiger partial charge in [0.15, 0.2) is 0 Å². The second-order valence-electron chi connectivity index (χ2n) is 15.3. The van der Waals surface area contributed by atoms with Crippen LogP contribution in [0.4, 0.5) is 0 Å². The second kappa shape index (κ2) is 33.1. The lowest BCUT2D eigenvalue weighted by molar-refractivity contribution is -0.870. The predicted octanol–water partition coefficient (Wildman–Crippen LogP) is 10.2. The Balaban J connectivity index is 4.36. The Labute approximate surface area is 303 Å². The molecule has 0 aliphatic heterocycles. The van der Waals surface area contributed by atoms with Gasteiger partial charge in [0.1, 0.15) is 13.2 Å². The quantitative estimate of drug-likeness (QED) is 0.0287. The van der Waals surface area contributed by atoms with Gasteiger partial charge in [-0.3, -0.25) is 9.36 Å².